The molecule has 0 saturated carbocycles. The molecule has 9 heteroatoms. The van der Waals surface area contributed by atoms with Crippen molar-refractivity contribution in [2.75, 3.05) is 11.1 Å². The van der Waals surface area contributed by atoms with E-state index in [1.807, 2.05) is 29.1 Å². The lowest BCUT2D eigenvalue weighted by Crippen LogP contribution is -2.26. The van der Waals surface area contributed by atoms with Gasteiger partial charge in [-0.15, -0.1) is 32.9 Å². The van der Waals surface area contributed by atoms with Gasteiger partial charge >= 0.3 is 0 Å². The minimum atomic E-state index is -0.131. The standard InChI is InChI=1S/C22H25N5OS3/c1-22(2,3)13-7-8-14-15(11-23)20(31-17(14)10-13)24-18(28)12-30-21-26-25-19(27(21)4)16-6-5-9-29-16/h5-6,9,13H,7-8,10,12H2,1-4H3,(H,24,28). The first-order chi connectivity index (χ1) is 14.8. The van der Waals surface area contributed by atoms with Crippen LogP contribution in [0.4, 0.5) is 5.00 Å². The lowest BCUT2D eigenvalue weighted by Gasteiger charge is -2.33. The largest absolute Gasteiger partial charge is 0.316 e. The number of nitrogens with zero attached hydrogens (tertiary/aromatic N) is 4. The zero-order chi connectivity index (χ0) is 22.2. The lowest BCUT2D eigenvalue weighted by molar-refractivity contribution is -0.113. The van der Waals surface area contributed by atoms with E-state index in [-0.39, 0.29) is 17.1 Å². The molecule has 1 atom stereocenters. The summed E-state index contributed by atoms with van der Waals surface area (Å²) in [6, 6.07) is 6.31. The normalized spacial score (nSPS) is 16.0. The number of nitrogens with one attached hydrogen (secondary N) is 1. The van der Waals surface area contributed by atoms with E-state index >= 15 is 0 Å². The summed E-state index contributed by atoms with van der Waals surface area (Å²) in [7, 11) is 1.90. The van der Waals surface area contributed by atoms with Crippen LogP contribution < -0.4 is 5.32 Å². The van der Waals surface area contributed by atoms with Gasteiger partial charge in [0.25, 0.3) is 0 Å². The Morgan fingerprint density at radius 3 is 2.90 bits per heavy atom. The Balaban J connectivity index is 1.43. The molecule has 0 fully saturated rings. The van der Waals surface area contributed by atoms with E-state index in [1.165, 1.54) is 16.6 Å². The second-order valence-corrected chi connectivity index (χ2v) is 11.8. The summed E-state index contributed by atoms with van der Waals surface area (Å²) in [5.74, 6) is 1.48. The van der Waals surface area contributed by atoms with Crippen LogP contribution in [0.2, 0.25) is 0 Å². The molecule has 1 aliphatic carbocycles. The van der Waals surface area contributed by atoms with Crippen molar-refractivity contribution in [3.63, 3.8) is 0 Å². The number of carbonyl (C=O) groups is 1. The van der Waals surface area contributed by atoms with Gasteiger partial charge in [-0.2, -0.15) is 5.26 Å². The Kier molecular flexibility index (Phi) is 6.24. The number of fused-ring (bicyclic) bond motifs is 1. The first kappa shape index (κ1) is 22.1. The van der Waals surface area contributed by atoms with Crippen LogP contribution in [0.1, 0.15) is 43.2 Å². The Morgan fingerprint density at radius 1 is 1.42 bits per heavy atom. The molecule has 0 bridgehead atoms. The summed E-state index contributed by atoms with van der Waals surface area (Å²) in [6.45, 7) is 6.83. The molecule has 1 aliphatic rings. The Bertz CT molecular complexity index is 1130. The van der Waals surface area contributed by atoms with E-state index in [1.54, 1.807) is 22.7 Å². The van der Waals surface area contributed by atoms with Crippen LogP contribution in [0.25, 0.3) is 10.7 Å². The number of anilines is 1. The number of rotatable bonds is 5. The number of thioether (sulfide) groups is 1. The predicted octanol–water partition coefficient (Wildman–Crippen LogP) is 5.36. The van der Waals surface area contributed by atoms with Crippen LogP contribution >= 0.6 is 34.4 Å². The lowest BCUT2D eigenvalue weighted by atomic mass is 9.72. The van der Waals surface area contributed by atoms with Gasteiger partial charge in [-0.3, -0.25) is 4.79 Å². The molecule has 162 valence electrons. The van der Waals surface area contributed by atoms with Crippen molar-refractivity contribution in [3.8, 4) is 16.8 Å². The monoisotopic (exact) mass is 471 g/mol. The SMILES string of the molecule is Cn1c(SCC(=O)Nc2sc3c(c2C#N)CCC(C(C)(C)C)C3)nnc1-c1cccs1. The maximum Gasteiger partial charge on any atom is 0.235 e. The van der Waals surface area contributed by atoms with Gasteiger partial charge in [0.15, 0.2) is 11.0 Å². The quantitative estimate of drug-likeness (QED) is 0.507. The highest BCUT2D eigenvalue weighted by atomic mass is 32.2. The Labute approximate surface area is 194 Å². The highest BCUT2D eigenvalue weighted by molar-refractivity contribution is 7.99. The number of amides is 1. The van der Waals surface area contributed by atoms with E-state index in [2.05, 4.69) is 42.4 Å². The molecule has 1 N–H and O–H groups in total. The zero-order valence-corrected chi connectivity index (χ0v) is 20.5. The summed E-state index contributed by atoms with van der Waals surface area (Å²) in [4.78, 5) is 14.9. The van der Waals surface area contributed by atoms with E-state index < -0.39 is 0 Å². The molecule has 3 heterocycles. The van der Waals surface area contributed by atoms with Gasteiger partial charge in [0, 0.05) is 11.9 Å². The molecule has 4 rings (SSSR count). The third-order valence-electron chi connectivity index (χ3n) is 5.76. The fourth-order valence-electron chi connectivity index (χ4n) is 3.89. The molecule has 6 nitrogen and oxygen atoms in total. The second kappa shape index (κ2) is 8.77. The van der Waals surface area contributed by atoms with Crippen LogP contribution in [0.5, 0.6) is 0 Å². The molecular formula is C22H25N5OS3. The maximum absolute atomic E-state index is 12.6. The third kappa shape index (κ3) is 4.56. The number of carbonyl (C=O) groups excluding carboxylic acids is 1. The van der Waals surface area contributed by atoms with Gasteiger partial charge < -0.3 is 9.88 Å². The first-order valence-electron chi connectivity index (χ1n) is 10.2. The van der Waals surface area contributed by atoms with E-state index in [9.17, 15) is 10.1 Å². The summed E-state index contributed by atoms with van der Waals surface area (Å²) in [6.07, 6.45) is 2.98. The smallest absolute Gasteiger partial charge is 0.235 e. The molecule has 31 heavy (non-hydrogen) atoms. The van der Waals surface area contributed by atoms with Gasteiger partial charge in [0.1, 0.15) is 11.1 Å². The molecule has 1 unspecified atom stereocenters. The highest BCUT2D eigenvalue weighted by Crippen LogP contribution is 2.44. The number of hydrogen-bond acceptors (Lipinski definition) is 7. The van der Waals surface area contributed by atoms with Crippen molar-refractivity contribution in [1.29, 1.82) is 5.26 Å². The highest BCUT2D eigenvalue weighted by Gasteiger charge is 2.32. The number of nitriles is 1. The third-order valence-corrected chi connectivity index (χ3v) is 8.82. The van der Waals surface area contributed by atoms with Crippen LogP contribution in [-0.4, -0.2) is 26.4 Å². The van der Waals surface area contributed by atoms with Gasteiger partial charge in [0.05, 0.1) is 16.2 Å². The Hall–Kier alpha value is -2.15. The van der Waals surface area contributed by atoms with E-state index in [4.69, 9.17) is 0 Å². The topological polar surface area (TPSA) is 83.6 Å². The molecule has 3 aromatic heterocycles. The van der Waals surface area contributed by atoms with Gasteiger partial charge in [0.2, 0.25) is 5.91 Å². The molecular weight excluding hydrogens is 446 g/mol. The molecule has 0 saturated heterocycles. The Morgan fingerprint density at radius 2 is 2.23 bits per heavy atom. The molecule has 0 spiro atoms. The summed E-state index contributed by atoms with van der Waals surface area (Å²) in [5.41, 5.74) is 2.02. The van der Waals surface area contributed by atoms with Crippen molar-refractivity contribution < 1.29 is 4.79 Å². The van der Waals surface area contributed by atoms with E-state index in [0.717, 1.165) is 35.5 Å². The maximum atomic E-state index is 12.6. The van der Waals surface area contributed by atoms with Gasteiger partial charge in [-0.25, -0.2) is 0 Å². The van der Waals surface area contributed by atoms with Crippen LogP contribution in [0.15, 0.2) is 22.7 Å². The average molecular weight is 472 g/mol. The van der Waals surface area contributed by atoms with Crippen LogP contribution in [-0.2, 0) is 24.7 Å². The minimum Gasteiger partial charge on any atom is -0.316 e. The van der Waals surface area contributed by atoms with Crippen molar-refractivity contribution >= 4 is 45.3 Å². The zero-order valence-electron chi connectivity index (χ0n) is 18.1. The van der Waals surface area contributed by atoms with E-state index in [0.29, 0.717) is 21.6 Å². The van der Waals surface area contributed by atoms with Crippen molar-refractivity contribution in [2.45, 2.75) is 45.2 Å². The molecule has 0 radical (unpaired) electrons. The summed E-state index contributed by atoms with van der Waals surface area (Å²) >= 11 is 4.52. The van der Waals surface area contributed by atoms with Crippen molar-refractivity contribution in [3.05, 3.63) is 33.5 Å². The molecule has 1 amide bonds. The molecule has 0 aliphatic heterocycles. The minimum absolute atomic E-state index is 0.131. The number of thiophene rings is 2. The predicted molar refractivity (Wildman–Crippen MR) is 128 cm³/mol. The fraction of sp³-hybridized carbons (Fsp3) is 0.455. The average Bonchev–Trinajstić information content (AvgIpc) is 3.43. The van der Waals surface area contributed by atoms with Crippen molar-refractivity contribution in [1.82, 2.24) is 14.8 Å². The van der Waals surface area contributed by atoms with Crippen LogP contribution in [0.3, 0.4) is 0 Å². The molecule has 3 aromatic rings. The van der Waals surface area contributed by atoms with Crippen molar-refractivity contribution in [2.24, 2.45) is 18.4 Å². The summed E-state index contributed by atoms with van der Waals surface area (Å²) in [5, 5.41) is 24.5. The number of hydrogen-bond donors (Lipinski definition) is 1. The van der Waals surface area contributed by atoms with Gasteiger partial charge in [-0.05, 0) is 47.6 Å². The first-order valence-corrected chi connectivity index (χ1v) is 12.9. The number of aromatic nitrogens is 3. The van der Waals surface area contributed by atoms with Gasteiger partial charge in [-0.1, -0.05) is 38.6 Å². The summed E-state index contributed by atoms with van der Waals surface area (Å²) < 4.78 is 1.90. The second-order valence-electron chi connectivity index (χ2n) is 8.80. The van der Waals surface area contributed by atoms with Crippen LogP contribution in [0, 0.1) is 22.7 Å². The fourth-order valence-corrected chi connectivity index (χ4v) is 6.63. The molecule has 0 aromatic carbocycles.